The van der Waals surface area contributed by atoms with Gasteiger partial charge in [-0.1, -0.05) is 18.2 Å². The topological polar surface area (TPSA) is 71.0 Å². The molecule has 3 rings (SSSR count). The highest BCUT2D eigenvalue weighted by Gasteiger charge is 2.28. The lowest BCUT2D eigenvalue weighted by atomic mass is 10.1. The Labute approximate surface area is 179 Å². The molecule has 8 heteroatoms. The maximum atomic E-state index is 11.6. The number of benzene rings is 1. The Bertz CT molecular complexity index is 704. The van der Waals surface area contributed by atoms with Crippen molar-refractivity contribution in [1.29, 1.82) is 0 Å². The lowest BCUT2D eigenvalue weighted by Gasteiger charge is -2.34. The van der Waals surface area contributed by atoms with Crippen LogP contribution in [0.25, 0.3) is 0 Å². The quantitative estimate of drug-likeness (QED) is 0.377. The van der Waals surface area contributed by atoms with Gasteiger partial charge in [0.15, 0.2) is 15.8 Å². The van der Waals surface area contributed by atoms with Crippen LogP contribution in [0.4, 0.5) is 0 Å². The van der Waals surface area contributed by atoms with Gasteiger partial charge in [0, 0.05) is 39.0 Å². The number of nitrogens with zero attached hydrogens (tertiary/aromatic N) is 2. The van der Waals surface area contributed by atoms with Crippen LogP contribution in [0.1, 0.15) is 26.2 Å². The number of halogens is 1. The van der Waals surface area contributed by atoms with Crippen molar-refractivity contribution in [2.75, 3.05) is 37.7 Å². The molecular formula is C19H30IN3O3S. The second-order valence-electron chi connectivity index (χ2n) is 7.08. The van der Waals surface area contributed by atoms with Crippen LogP contribution < -0.4 is 10.1 Å². The first kappa shape index (κ1) is 22.3. The van der Waals surface area contributed by atoms with Crippen molar-refractivity contribution in [3.8, 4) is 5.75 Å². The van der Waals surface area contributed by atoms with E-state index in [0.717, 1.165) is 50.6 Å². The maximum absolute atomic E-state index is 11.6. The Balaban J connectivity index is 0.00000261. The average molecular weight is 507 g/mol. The van der Waals surface area contributed by atoms with E-state index in [1.54, 1.807) is 0 Å². The van der Waals surface area contributed by atoms with Crippen LogP contribution in [0.3, 0.4) is 0 Å². The molecule has 0 saturated carbocycles. The van der Waals surface area contributed by atoms with Gasteiger partial charge in [0.1, 0.15) is 11.9 Å². The third kappa shape index (κ3) is 6.81. The number of guanidine groups is 1. The number of aliphatic imine (C=N–C) groups is 1. The minimum absolute atomic E-state index is 0. The number of hydrogen-bond acceptors (Lipinski definition) is 4. The Morgan fingerprint density at radius 2 is 1.93 bits per heavy atom. The van der Waals surface area contributed by atoms with E-state index < -0.39 is 9.84 Å². The van der Waals surface area contributed by atoms with Gasteiger partial charge >= 0.3 is 0 Å². The summed E-state index contributed by atoms with van der Waals surface area (Å²) in [6.45, 7) is 5.24. The molecule has 27 heavy (non-hydrogen) atoms. The van der Waals surface area contributed by atoms with E-state index >= 15 is 0 Å². The van der Waals surface area contributed by atoms with E-state index in [1.807, 2.05) is 30.3 Å². The van der Waals surface area contributed by atoms with E-state index in [9.17, 15) is 8.42 Å². The first-order valence-electron chi connectivity index (χ1n) is 9.51. The van der Waals surface area contributed by atoms with Gasteiger partial charge < -0.3 is 15.0 Å². The molecule has 1 aromatic carbocycles. The van der Waals surface area contributed by atoms with Crippen LogP contribution in [0, 0.1) is 5.92 Å². The Morgan fingerprint density at radius 3 is 2.52 bits per heavy atom. The average Bonchev–Trinajstić information content (AvgIpc) is 2.99. The van der Waals surface area contributed by atoms with Crippen molar-refractivity contribution in [2.45, 2.75) is 32.3 Å². The van der Waals surface area contributed by atoms with Crippen LogP contribution in [0.15, 0.2) is 35.3 Å². The van der Waals surface area contributed by atoms with Gasteiger partial charge in [0.25, 0.3) is 0 Å². The second-order valence-corrected chi connectivity index (χ2v) is 9.31. The summed E-state index contributed by atoms with van der Waals surface area (Å²) in [5.74, 6) is 2.58. The lowest BCUT2D eigenvalue weighted by molar-refractivity contribution is 0.129. The molecule has 0 bridgehead atoms. The number of nitrogens with one attached hydrogen (secondary N) is 1. The minimum Gasteiger partial charge on any atom is -0.490 e. The van der Waals surface area contributed by atoms with Crippen molar-refractivity contribution in [3.63, 3.8) is 0 Å². The van der Waals surface area contributed by atoms with E-state index in [4.69, 9.17) is 9.73 Å². The van der Waals surface area contributed by atoms with E-state index in [2.05, 4.69) is 17.1 Å². The molecule has 2 fully saturated rings. The fraction of sp³-hybridized carbons (Fsp3) is 0.632. The van der Waals surface area contributed by atoms with Crippen molar-refractivity contribution in [3.05, 3.63) is 30.3 Å². The van der Waals surface area contributed by atoms with Gasteiger partial charge in [-0.05, 0) is 31.4 Å². The number of hydrogen-bond donors (Lipinski definition) is 1. The summed E-state index contributed by atoms with van der Waals surface area (Å²) in [6, 6.07) is 9.96. The molecule has 1 unspecified atom stereocenters. The molecule has 1 N–H and O–H groups in total. The van der Waals surface area contributed by atoms with Crippen molar-refractivity contribution < 1.29 is 13.2 Å². The SMILES string of the molecule is CCNC(=NCC1CCS(=O)(=O)C1)N1CCC(Oc2ccccc2)CC1.I. The summed E-state index contributed by atoms with van der Waals surface area (Å²) in [5, 5.41) is 3.35. The molecular weight excluding hydrogens is 477 g/mol. The Hall–Kier alpha value is -1.03. The molecule has 2 saturated heterocycles. The molecule has 0 spiro atoms. The molecule has 1 aromatic rings. The number of rotatable bonds is 5. The van der Waals surface area contributed by atoms with Gasteiger partial charge in [0.05, 0.1) is 11.5 Å². The third-order valence-corrected chi connectivity index (χ3v) is 6.79. The maximum Gasteiger partial charge on any atom is 0.193 e. The first-order chi connectivity index (χ1) is 12.6. The monoisotopic (exact) mass is 507 g/mol. The van der Waals surface area contributed by atoms with Gasteiger partial charge in [-0.25, -0.2) is 8.42 Å². The summed E-state index contributed by atoms with van der Waals surface area (Å²) < 4.78 is 29.3. The summed E-state index contributed by atoms with van der Waals surface area (Å²) in [7, 11) is -2.84. The summed E-state index contributed by atoms with van der Waals surface area (Å²) in [4.78, 5) is 6.98. The predicted octanol–water partition coefficient (Wildman–Crippen LogP) is 2.55. The summed E-state index contributed by atoms with van der Waals surface area (Å²) in [6.07, 6.45) is 2.88. The van der Waals surface area contributed by atoms with E-state index in [-0.39, 0.29) is 41.8 Å². The molecule has 0 aromatic heterocycles. The number of likely N-dealkylation sites (tertiary alicyclic amines) is 1. The van der Waals surface area contributed by atoms with Gasteiger partial charge in [-0.3, -0.25) is 4.99 Å². The second kappa shape index (κ2) is 10.5. The lowest BCUT2D eigenvalue weighted by Crippen LogP contribution is -2.47. The molecule has 0 aliphatic carbocycles. The number of ether oxygens (including phenoxy) is 1. The number of piperidine rings is 1. The highest BCUT2D eigenvalue weighted by molar-refractivity contribution is 14.0. The van der Waals surface area contributed by atoms with Gasteiger partial charge in [0.2, 0.25) is 0 Å². The van der Waals surface area contributed by atoms with Crippen LogP contribution >= 0.6 is 24.0 Å². The molecule has 6 nitrogen and oxygen atoms in total. The largest absolute Gasteiger partial charge is 0.490 e. The summed E-state index contributed by atoms with van der Waals surface area (Å²) in [5.41, 5.74) is 0. The fourth-order valence-electron chi connectivity index (χ4n) is 3.53. The third-order valence-electron chi connectivity index (χ3n) is 4.95. The minimum atomic E-state index is -2.84. The van der Waals surface area contributed by atoms with Crippen LogP contribution in [-0.2, 0) is 9.84 Å². The molecule has 2 aliphatic rings. The smallest absolute Gasteiger partial charge is 0.193 e. The van der Waals surface area contributed by atoms with E-state index in [1.165, 1.54) is 0 Å². The first-order valence-corrected chi connectivity index (χ1v) is 11.3. The molecule has 2 heterocycles. The van der Waals surface area contributed by atoms with Crippen LogP contribution in [0.2, 0.25) is 0 Å². The zero-order chi connectivity index (χ0) is 18.4. The summed E-state index contributed by atoms with van der Waals surface area (Å²) >= 11 is 0. The van der Waals surface area contributed by atoms with Crippen molar-refractivity contribution >= 4 is 39.8 Å². The molecule has 1 atom stereocenters. The standard InChI is InChI=1S/C19H29N3O3S.HI/c1-2-20-19(21-14-16-10-13-26(23,24)15-16)22-11-8-18(9-12-22)25-17-6-4-3-5-7-17;/h3-7,16,18H,2,8-15H2,1H3,(H,20,21);1H. The predicted molar refractivity (Wildman–Crippen MR) is 120 cm³/mol. The zero-order valence-electron chi connectivity index (χ0n) is 15.8. The Kier molecular flexibility index (Phi) is 8.65. The van der Waals surface area contributed by atoms with Gasteiger partial charge in [-0.15, -0.1) is 24.0 Å². The van der Waals surface area contributed by atoms with Crippen molar-refractivity contribution in [1.82, 2.24) is 10.2 Å². The molecule has 0 amide bonds. The molecule has 0 radical (unpaired) electrons. The highest BCUT2D eigenvalue weighted by Crippen LogP contribution is 2.20. The molecule has 2 aliphatic heterocycles. The Morgan fingerprint density at radius 1 is 1.22 bits per heavy atom. The fourth-order valence-corrected chi connectivity index (χ4v) is 5.38. The number of para-hydroxylation sites is 1. The van der Waals surface area contributed by atoms with Crippen LogP contribution in [0.5, 0.6) is 5.75 Å². The zero-order valence-corrected chi connectivity index (χ0v) is 19.0. The normalized spacial score (nSPS) is 22.9. The molecule has 152 valence electrons. The highest BCUT2D eigenvalue weighted by atomic mass is 127. The van der Waals surface area contributed by atoms with Gasteiger partial charge in [-0.2, -0.15) is 0 Å². The van der Waals surface area contributed by atoms with E-state index in [0.29, 0.717) is 12.3 Å². The van der Waals surface area contributed by atoms with Crippen LogP contribution in [-0.4, -0.2) is 63.1 Å². The van der Waals surface area contributed by atoms with Crippen molar-refractivity contribution in [2.24, 2.45) is 10.9 Å². The number of sulfone groups is 1.